The molecule has 0 unspecified atom stereocenters. The van der Waals surface area contributed by atoms with E-state index in [1.165, 1.54) is 17.7 Å². The van der Waals surface area contributed by atoms with Crippen molar-refractivity contribution in [2.75, 3.05) is 0 Å². The Morgan fingerprint density at radius 2 is 2.25 bits per heavy atom. The van der Waals surface area contributed by atoms with Crippen molar-refractivity contribution in [1.82, 2.24) is 14.8 Å². The fourth-order valence-corrected chi connectivity index (χ4v) is 2.96. The average Bonchev–Trinajstić information content (AvgIpc) is 2.88. The predicted molar refractivity (Wildman–Crippen MR) is 78.3 cm³/mol. The van der Waals surface area contributed by atoms with E-state index >= 15 is 0 Å². The van der Waals surface area contributed by atoms with Gasteiger partial charge in [0.25, 0.3) is 16.3 Å². The van der Waals surface area contributed by atoms with Gasteiger partial charge in [-0.2, -0.15) is 0 Å². The van der Waals surface area contributed by atoms with Crippen molar-refractivity contribution >= 4 is 12.2 Å². The SMILES string of the molecule is CCCn1c2c(cc(-c3n[nH]c(=S)o3)c1=O)CCCC2. The number of nitrogens with zero attached hydrogens (tertiary/aromatic N) is 2. The van der Waals surface area contributed by atoms with Crippen LogP contribution in [0.2, 0.25) is 0 Å². The molecule has 0 atom stereocenters. The van der Waals surface area contributed by atoms with Gasteiger partial charge in [-0.15, -0.1) is 5.10 Å². The van der Waals surface area contributed by atoms with Gasteiger partial charge in [0, 0.05) is 12.2 Å². The lowest BCUT2D eigenvalue weighted by Crippen LogP contribution is -2.28. The van der Waals surface area contributed by atoms with Gasteiger partial charge in [0.05, 0.1) is 0 Å². The first-order valence-corrected chi connectivity index (χ1v) is 7.43. The summed E-state index contributed by atoms with van der Waals surface area (Å²) in [6.07, 6.45) is 5.24. The van der Waals surface area contributed by atoms with Crippen molar-refractivity contribution in [3.8, 4) is 11.5 Å². The Kier molecular flexibility index (Phi) is 3.56. The van der Waals surface area contributed by atoms with Crippen molar-refractivity contribution in [3.05, 3.63) is 32.5 Å². The Bertz CT molecular complexity index is 742. The number of aromatic nitrogens is 3. The summed E-state index contributed by atoms with van der Waals surface area (Å²) in [7, 11) is 0. The first-order valence-electron chi connectivity index (χ1n) is 7.02. The summed E-state index contributed by atoms with van der Waals surface area (Å²) in [5.74, 6) is 0.290. The summed E-state index contributed by atoms with van der Waals surface area (Å²) < 4.78 is 7.20. The van der Waals surface area contributed by atoms with Gasteiger partial charge >= 0.3 is 0 Å². The molecule has 0 bridgehead atoms. The lowest BCUT2D eigenvalue weighted by molar-refractivity contribution is 0.541. The van der Waals surface area contributed by atoms with E-state index in [1.54, 1.807) is 0 Å². The van der Waals surface area contributed by atoms with Crippen LogP contribution in [0.3, 0.4) is 0 Å². The summed E-state index contributed by atoms with van der Waals surface area (Å²) in [4.78, 5) is 12.8. The minimum Gasteiger partial charge on any atom is -0.409 e. The van der Waals surface area contributed by atoms with Crippen molar-refractivity contribution in [2.45, 2.75) is 45.6 Å². The quantitative estimate of drug-likeness (QED) is 0.883. The first kappa shape index (κ1) is 13.3. The molecule has 0 saturated carbocycles. The molecule has 20 heavy (non-hydrogen) atoms. The van der Waals surface area contributed by atoms with Gasteiger partial charge in [0.15, 0.2) is 0 Å². The standard InChI is InChI=1S/C14H17N3O2S/c1-2-7-17-11-6-4-3-5-9(11)8-10(13(17)18)12-15-16-14(20)19-12/h8H,2-7H2,1H3,(H,16,20). The summed E-state index contributed by atoms with van der Waals surface area (Å²) in [5, 5.41) is 6.56. The van der Waals surface area contributed by atoms with Crippen molar-refractivity contribution in [3.63, 3.8) is 0 Å². The van der Waals surface area contributed by atoms with E-state index < -0.39 is 0 Å². The third-order valence-corrected chi connectivity index (χ3v) is 3.89. The van der Waals surface area contributed by atoms with Crippen LogP contribution in [-0.2, 0) is 19.4 Å². The van der Waals surface area contributed by atoms with Crippen LogP contribution in [0.4, 0.5) is 0 Å². The largest absolute Gasteiger partial charge is 0.409 e. The van der Waals surface area contributed by atoms with Crippen LogP contribution in [0.15, 0.2) is 15.3 Å². The fraction of sp³-hybridized carbons (Fsp3) is 0.500. The molecular formula is C14H17N3O2S. The van der Waals surface area contributed by atoms with Crippen LogP contribution < -0.4 is 5.56 Å². The van der Waals surface area contributed by atoms with Crippen LogP contribution >= 0.6 is 12.2 Å². The van der Waals surface area contributed by atoms with Crippen molar-refractivity contribution in [1.29, 1.82) is 0 Å². The Labute approximate surface area is 121 Å². The number of hydrogen-bond donors (Lipinski definition) is 1. The Morgan fingerprint density at radius 1 is 1.45 bits per heavy atom. The molecule has 2 heterocycles. The molecule has 0 aromatic carbocycles. The van der Waals surface area contributed by atoms with Gasteiger partial charge in [0.2, 0.25) is 0 Å². The molecule has 5 nitrogen and oxygen atoms in total. The zero-order chi connectivity index (χ0) is 14.1. The van der Waals surface area contributed by atoms with Gasteiger partial charge in [-0.3, -0.25) is 4.79 Å². The summed E-state index contributed by atoms with van der Waals surface area (Å²) in [5.41, 5.74) is 2.90. The molecule has 0 saturated heterocycles. The molecule has 3 rings (SSSR count). The zero-order valence-electron chi connectivity index (χ0n) is 11.4. The highest BCUT2D eigenvalue weighted by molar-refractivity contribution is 7.71. The number of fused-ring (bicyclic) bond motifs is 1. The molecule has 0 amide bonds. The number of nitrogens with one attached hydrogen (secondary N) is 1. The number of rotatable bonds is 3. The van der Waals surface area contributed by atoms with Crippen LogP contribution in [0, 0.1) is 4.84 Å². The third-order valence-electron chi connectivity index (χ3n) is 3.72. The molecule has 106 valence electrons. The maximum atomic E-state index is 12.7. The summed E-state index contributed by atoms with van der Waals surface area (Å²) in [6, 6.07) is 1.93. The second kappa shape index (κ2) is 5.36. The van der Waals surface area contributed by atoms with Gasteiger partial charge in [-0.1, -0.05) is 6.92 Å². The molecule has 0 aliphatic heterocycles. The van der Waals surface area contributed by atoms with Gasteiger partial charge < -0.3 is 8.98 Å². The fourth-order valence-electron chi connectivity index (χ4n) is 2.84. The molecule has 2 aromatic heterocycles. The minimum absolute atomic E-state index is 0.0299. The van der Waals surface area contributed by atoms with Crippen LogP contribution in [0.1, 0.15) is 37.4 Å². The Morgan fingerprint density at radius 3 is 2.95 bits per heavy atom. The molecule has 6 heteroatoms. The van der Waals surface area contributed by atoms with E-state index in [9.17, 15) is 4.79 Å². The topological polar surface area (TPSA) is 63.8 Å². The minimum atomic E-state index is -0.0299. The maximum Gasteiger partial charge on any atom is 0.284 e. The first-order chi connectivity index (χ1) is 9.70. The van der Waals surface area contributed by atoms with Gasteiger partial charge in [-0.05, 0) is 56.0 Å². The maximum absolute atomic E-state index is 12.7. The second-order valence-corrected chi connectivity index (χ2v) is 5.48. The molecule has 0 radical (unpaired) electrons. The van der Waals surface area contributed by atoms with E-state index in [1.807, 2.05) is 10.6 Å². The average molecular weight is 291 g/mol. The van der Waals surface area contributed by atoms with E-state index in [4.69, 9.17) is 16.6 Å². The predicted octanol–water partition coefficient (Wildman–Crippen LogP) is 2.85. The van der Waals surface area contributed by atoms with E-state index in [0.29, 0.717) is 11.5 Å². The molecule has 1 aliphatic rings. The van der Waals surface area contributed by atoms with Crippen LogP contribution in [-0.4, -0.2) is 14.8 Å². The molecule has 0 spiro atoms. The lowest BCUT2D eigenvalue weighted by Gasteiger charge is -2.21. The number of pyridine rings is 1. The van der Waals surface area contributed by atoms with E-state index in [2.05, 4.69) is 17.1 Å². The van der Waals surface area contributed by atoms with Gasteiger partial charge in [0.1, 0.15) is 5.56 Å². The molecule has 1 N–H and O–H groups in total. The zero-order valence-corrected chi connectivity index (χ0v) is 12.3. The number of aryl methyl sites for hydroxylation is 1. The smallest absolute Gasteiger partial charge is 0.284 e. The van der Waals surface area contributed by atoms with Crippen molar-refractivity contribution < 1.29 is 4.42 Å². The van der Waals surface area contributed by atoms with Gasteiger partial charge in [-0.25, -0.2) is 5.10 Å². The number of hydrogen-bond acceptors (Lipinski definition) is 4. The second-order valence-electron chi connectivity index (χ2n) is 5.11. The number of H-pyrrole nitrogens is 1. The van der Waals surface area contributed by atoms with E-state index in [-0.39, 0.29) is 10.4 Å². The highest BCUT2D eigenvalue weighted by Crippen LogP contribution is 2.24. The van der Waals surface area contributed by atoms with Crippen molar-refractivity contribution in [2.24, 2.45) is 0 Å². The normalized spacial score (nSPS) is 14.2. The monoisotopic (exact) mass is 291 g/mol. The highest BCUT2D eigenvalue weighted by atomic mass is 32.1. The Balaban J connectivity index is 2.23. The summed E-state index contributed by atoms with van der Waals surface area (Å²) >= 11 is 4.89. The Hall–Kier alpha value is -1.69. The third kappa shape index (κ3) is 2.24. The highest BCUT2D eigenvalue weighted by Gasteiger charge is 2.20. The van der Waals surface area contributed by atoms with Crippen LogP contribution in [0.5, 0.6) is 0 Å². The molecule has 0 fully saturated rings. The molecular weight excluding hydrogens is 274 g/mol. The molecule has 1 aliphatic carbocycles. The summed E-state index contributed by atoms with van der Waals surface area (Å²) in [6.45, 7) is 2.81. The van der Waals surface area contributed by atoms with E-state index in [0.717, 1.165) is 32.2 Å². The molecule has 2 aromatic rings. The van der Waals surface area contributed by atoms with Crippen LogP contribution in [0.25, 0.3) is 11.5 Å². The lowest BCUT2D eigenvalue weighted by atomic mass is 9.94. The number of aromatic amines is 1.